The van der Waals surface area contributed by atoms with E-state index in [-0.39, 0.29) is 5.57 Å². The number of rotatable bonds is 4. The number of nitrogens with zero attached hydrogens (tertiary/aromatic N) is 4. The molecule has 0 atom stereocenters. The molecule has 0 saturated heterocycles. The van der Waals surface area contributed by atoms with Gasteiger partial charge < -0.3 is 10.6 Å². The number of aryl methyl sites for hydroxylation is 2. The zero-order valence-corrected chi connectivity index (χ0v) is 16.7. The Hall–Kier alpha value is -4.18. The van der Waals surface area contributed by atoms with Crippen LogP contribution in [0.4, 0.5) is 11.6 Å². The summed E-state index contributed by atoms with van der Waals surface area (Å²) in [6, 6.07) is 17.5. The molecule has 2 aromatic carbocycles. The average molecular weight is 396 g/mol. The van der Waals surface area contributed by atoms with Crippen LogP contribution in [0.3, 0.4) is 0 Å². The molecule has 148 valence electrons. The maximum atomic E-state index is 12.9. The van der Waals surface area contributed by atoms with Gasteiger partial charge in [-0.2, -0.15) is 15.3 Å². The molecular formula is C23H20N6O. The van der Waals surface area contributed by atoms with Gasteiger partial charge in [0, 0.05) is 5.69 Å². The van der Waals surface area contributed by atoms with Crippen LogP contribution in [0.2, 0.25) is 0 Å². The summed E-state index contributed by atoms with van der Waals surface area (Å²) in [5, 5.41) is 20.0. The molecule has 0 unspecified atom stereocenters. The van der Waals surface area contributed by atoms with E-state index in [4.69, 9.17) is 0 Å². The normalized spacial score (nSPS) is 13.3. The first-order chi connectivity index (χ1) is 14.6. The topological polar surface area (TPSA) is 95.6 Å². The Morgan fingerprint density at radius 2 is 1.90 bits per heavy atom. The van der Waals surface area contributed by atoms with Gasteiger partial charge in [-0.25, -0.2) is 4.68 Å². The number of fused-ring (bicyclic) bond motifs is 1. The quantitative estimate of drug-likeness (QED) is 0.516. The third kappa shape index (κ3) is 3.71. The largest absolute Gasteiger partial charge is 0.324 e. The van der Waals surface area contributed by atoms with Gasteiger partial charge in [0.2, 0.25) is 5.95 Å². The molecule has 0 radical (unpaired) electrons. The molecule has 1 aromatic heterocycles. The highest BCUT2D eigenvalue weighted by Gasteiger charge is 2.21. The fraction of sp³-hybridized carbons (Fsp3) is 0.130. The van der Waals surface area contributed by atoms with Gasteiger partial charge in [-0.05, 0) is 42.2 Å². The van der Waals surface area contributed by atoms with Gasteiger partial charge in [0.1, 0.15) is 18.0 Å². The van der Waals surface area contributed by atoms with Crippen molar-refractivity contribution in [3.63, 3.8) is 0 Å². The number of nitrogens with one attached hydrogen (secondary N) is 2. The number of benzene rings is 2. The molecular weight excluding hydrogens is 376 g/mol. The van der Waals surface area contributed by atoms with Gasteiger partial charge in [-0.1, -0.05) is 48.5 Å². The van der Waals surface area contributed by atoms with Crippen LogP contribution in [-0.4, -0.2) is 20.7 Å². The van der Waals surface area contributed by atoms with E-state index in [1.54, 1.807) is 10.8 Å². The lowest BCUT2D eigenvalue weighted by molar-refractivity contribution is -0.112. The maximum absolute atomic E-state index is 12.9. The first-order valence-corrected chi connectivity index (χ1v) is 9.49. The predicted molar refractivity (Wildman–Crippen MR) is 115 cm³/mol. The zero-order chi connectivity index (χ0) is 21.1. The second kappa shape index (κ2) is 8.05. The SMILES string of the molecule is Cc1cccc(C)c1NC(=O)/C(C#N)=C\C1=C(c2ccccc2)Nc2ncnn2C1. The molecule has 2 heterocycles. The fourth-order valence-electron chi connectivity index (χ4n) is 3.40. The summed E-state index contributed by atoms with van der Waals surface area (Å²) < 4.78 is 1.69. The number of carbonyl (C=O) groups is 1. The van der Waals surface area contributed by atoms with Crippen molar-refractivity contribution < 1.29 is 4.79 Å². The number of aromatic nitrogens is 3. The number of carbonyl (C=O) groups excluding carboxylic acids is 1. The number of anilines is 2. The average Bonchev–Trinajstić information content (AvgIpc) is 3.22. The summed E-state index contributed by atoms with van der Waals surface area (Å²) in [7, 11) is 0. The summed E-state index contributed by atoms with van der Waals surface area (Å²) in [5.74, 6) is 0.170. The van der Waals surface area contributed by atoms with Crippen molar-refractivity contribution in [3.05, 3.63) is 88.8 Å². The van der Waals surface area contributed by atoms with Crippen LogP contribution >= 0.6 is 0 Å². The molecule has 1 aliphatic heterocycles. The molecule has 1 aliphatic rings. The monoisotopic (exact) mass is 396 g/mol. The summed E-state index contributed by atoms with van der Waals surface area (Å²) in [6.07, 6.45) is 3.08. The number of amides is 1. The van der Waals surface area contributed by atoms with Crippen LogP contribution in [-0.2, 0) is 11.3 Å². The highest BCUT2D eigenvalue weighted by atomic mass is 16.1. The van der Waals surface area contributed by atoms with Gasteiger partial charge in [0.15, 0.2) is 0 Å². The summed E-state index contributed by atoms with van der Waals surface area (Å²) >= 11 is 0. The zero-order valence-electron chi connectivity index (χ0n) is 16.7. The molecule has 0 aliphatic carbocycles. The molecule has 1 amide bonds. The van der Waals surface area contributed by atoms with Crippen molar-refractivity contribution in [3.8, 4) is 6.07 Å². The van der Waals surface area contributed by atoms with Crippen LogP contribution in [0.1, 0.15) is 16.7 Å². The van der Waals surface area contributed by atoms with Crippen molar-refractivity contribution >= 4 is 23.2 Å². The third-order valence-corrected chi connectivity index (χ3v) is 4.96. The second-order valence-corrected chi connectivity index (χ2v) is 7.02. The number of allylic oxidation sites excluding steroid dienone is 2. The Morgan fingerprint density at radius 1 is 1.17 bits per heavy atom. The maximum Gasteiger partial charge on any atom is 0.266 e. The molecule has 7 nitrogen and oxygen atoms in total. The standard InChI is InChI=1S/C23H20N6O/c1-15-7-6-8-16(2)20(15)27-22(30)18(12-24)11-19-13-29-23(25-14-26-29)28-21(19)17-9-4-3-5-10-17/h3-11,14H,13H2,1-2H3,(H,27,30)(H,25,26,28)/b18-11-. The molecule has 30 heavy (non-hydrogen) atoms. The van der Waals surface area contributed by atoms with Crippen LogP contribution in [0.15, 0.2) is 72.1 Å². The van der Waals surface area contributed by atoms with E-state index in [0.717, 1.165) is 33.6 Å². The van der Waals surface area contributed by atoms with Crippen LogP contribution in [0.25, 0.3) is 5.70 Å². The van der Waals surface area contributed by atoms with Crippen molar-refractivity contribution in [2.24, 2.45) is 0 Å². The summed E-state index contributed by atoms with van der Waals surface area (Å²) in [4.78, 5) is 17.1. The second-order valence-electron chi connectivity index (χ2n) is 7.02. The molecule has 4 rings (SSSR count). The van der Waals surface area contributed by atoms with E-state index in [1.807, 2.05) is 68.4 Å². The highest BCUT2D eigenvalue weighted by Crippen LogP contribution is 2.28. The molecule has 3 aromatic rings. The lowest BCUT2D eigenvalue weighted by Gasteiger charge is -2.21. The van der Waals surface area contributed by atoms with Gasteiger partial charge in [-0.15, -0.1) is 0 Å². The van der Waals surface area contributed by atoms with Crippen LogP contribution < -0.4 is 10.6 Å². The Balaban J connectivity index is 1.72. The van der Waals surface area contributed by atoms with Gasteiger partial charge in [-0.3, -0.25) is 4.79 Å². The molecule has 0 saturated carbocycles. The lowest BCUT2D eigenvalue weighted by atomic mass is 10.0. The molecule has 7 heteroatoms. The number of hydrogen-bond acceptors (Lipinski definition) is 5. The minimum absolute atomic E-state index is 0.0199. The molecule has 0 bridgehead atoms. The van der Waals surface area contributed by atoms with Crippen molar-refractivity contribution in [2.45, 2.75) is 20.4 Å². The Bertz CT molecular complexity index is 1190. The first-order valence-electron chi connectivity index (χ1n) is 9.49. The Labute approximate surface area is 174 Å². The summed E-state index contributed by atoms with van der Waals surface area (Å²) in [6.45, 7) is 4.24. The van der Waals surface area contributed by atoms with Crippen molar-refractivity contribution in [1.29, 1.82) is 5.26 Å². The van der Waals surface area contributed by atoms with E-state index in [9.17, 15) is 10.1 Å². The van der Waals surface area contributed by atoms with Crippen molar-refractivity contribution in [1.82, 2.24) is 14.8 Å². The van der Waals surface area contributed by atoms with Gasteiger partial charge in [0.05, 0.1) is 12.2 Å². The highest BCUT2D eigenvalue weighted by molar-refractivity contribution is 6.07. The minimum atomic E-state index is -0.445. The van der Waals surface area contributed by atoms with E-state index in [2.05, 4.69) is 20.7 Å². The predicted octanol–water partition coefficient (Wildman–Crippen LogP) is 3.82. The van der Waals surface area contributed by atoms with Gasteiger partial charge in [0.25, 0.3) is 5.91 Å². The Morgan fingerprint density at radius 3 is 2.60 bits per heavy atom. The van der Waals surface area contributed by atoms with E-state index in [0.29, 0.717) is 12.5 Å². The molecule has 2 N–H and O–H groups in total. The third-order valence-electron chi connectivity index (χ3n) is 4.96. The van der Waals surface area contributed by atoms with Crippen LogP contribution in [0, 0.1) is 25.2 Å². The first kappa shape index (κ1) is 19.2. The van der Waals surface area contributed by atoms with Crippen LogP contribution in [0.5, 0.6) is 0 Å². The van der Waals surface area contributed by atoms with Crippen molar-refractivity contribution in [2.75, 3.05) is 10.6 Å². The van der Waals surface area contributed by atoms with E-state index >= 15 is 0 Å². The summed E-state index contributed by atoms with van der Waals surface area (Å²) in [5.41, 5.74) is 5.13. The van der Waals surface area contributed by atoms with Gasteiger partial charge >= 0.3 is 0 Å². The fourth-order valence-corrected chi connectivity index (χ4v) is 3.40. The number of hydrogen-bond donors (Lipinski definition) is 2. The molecule has 0 fully saturated rings. The minimum Gasteiger partial charge on any atom is -0.324 e. The lowest BCUT2D eigenvalue weighted by Crippen LogP contribution is -2.20. The Kier molecular flexibility index (Phi) is 5.14. The molecule has 0 spiro atoms. The number of nitriles is 1. The van der Waals surface area contributed by atoms with E-state index in [1.165, 1.54) is 6.33 Å². The smallest absolute Gasteiger partial charge is 0.266 e. The van der Waals surface area contributed by atoms with E-state index < -0.39 is 5.91 Å². The number of para-hydroxylation sites is 1.